The number of alkyl halides is 3. The first-order chi connectivity index (χ1) is 15.2. The molecule has 2 N–H and O–H groups in total. The van der Waals surface area contributed by atoms with Crippen LogP contribution in [0.5, 0.6) is 5.75 Å². The average molecular weight is 443 g/mol. The average Bonchev–Trinajstić information content (AvgIpc) is 2.78. The van der Waals surface area contributed by atoms with E-state index >= 15 is 0 Å². The highest BCUT2D eigenvalue weighted by molar-refractivity contribution is 5.96. The van der Waals surface area contributed by atoms with E-state index in [1.54, 1.807) is 24.3 Å². The highest BCUT2D eigenvalue weighted by Gasteiger charge is 2.30. The number of carbonyl (C=O) groups is 2. The second kappa shape index (κ2) is 10.00. The molecule has 0 aliphatic heterocycles. The summed E-state index contributed by atoms with van der Waals surface area (Å²) in [7, 11) is 0. The van der Waals surface area contributed by atoms with Crippen LogP contribution in [0.4, 0.5) is 13.2 Å². The van der Waals surface area contributed by atoms with Gasteiger partial charge in [0.25, 0.3) is 5.91 Å². The van der Waals surface area contributed by atoms with Crippen molar-refractivity contribution >= 4 is 11.9 Å². The second-order valence-electron chi connectivity index (χ2n) is 7.06. The number of benzene rings is 3. The van der Waals surface area contributed by atoms with E-state index in [9.17, 15) is 27.9 Å². The van der Waals surface area contributed by atoms with Crippen LogP contribution in [-0.4, -0.2) is 23.0 Å². The van der Waals surface area contributed by atoms with Crippen LogP contribution in [0.2, 0.25) is 0 Å². The Morgan fingerprint density at radius 3 is 2.06 bits per heavy atom. The van der Waals surface area contributed by atoms with Crippen LogP contribution in [0.25, 0.3) is 0 Å². The Kier molecular flexibility index (Phi) is 7.14. The zero-order valence-electron chi connectivity index (χ0n) is 16.8. The molecule has 166 valence electrons. The predicted octanol–water partition coefficient (Wildman–Crippen LogP) is 4.71. The Bertz CT molecular complexity index is 1050. The summed E-state index contributed by atoms with van der Waals surface area (Å²) in [6.45, 7) is 0.390. The van der Waals surface area contributed by atoms with Gasteiger partial charge < -0.3 is 15.2 Å². The van der Waals surface area contributed by atoms with Gasteiger partial charge in [-0.25, -0.2) is 4.79 Å². The van der Waals surface area contributed by atoms with Crippen LogP contribution in [0, 0.1) is 0 Å². The van der Waals surface area contributed by atoms with Gasteiger partial charge in [0.05, 0.1) is 5.56 Å². The van der Waals surface area contributed by atoms with Crippen molar-refractivity contribution in [1.82, 2.24) is 5.32 Å². The summed E-state index contributed by atoms with van der Waals surface area (Å²) < 4.78 is 43.7. The Labute approximate surface area is 182 Å². The number of rotatable bonds is 8. The molecule has 0 bridgehead atoms. The number of hydrogen-bond acceptors (Lipinski definition) is 3. The fourth-order valence-corrected chi connectivity index (χ4v) is 2.95. The number of hydrogen-bond donors (Lipinski definition) is 2. The lowest BCUT2D eigenvalue weighted by Crippen LogP contribution is -2.42. The molecule has 5 nitrogen and oxygen atoms in total. The molecule has 0 aliphatic rings. The molecule has 1 atom stereocenters. The van der Waals surface area contributed by atoms with Crippen molar-refractivity contribution in [3.63, 3.8) is 0 Å². The topological polar surface area (TPSA) is 75.6 Å². The number of carboxylic acids is 1. The van der Waals surface area contributed by atoms with E-state index in [1.165, 1.54) is 0 Å². The number of nitrogens with one attached hydrogen (secondary N) is 1. The van der Waals surface area contributed by atoms with Gasteiger partial charge in [-0.3, -0.25) is 4.79 Å². The fourth-order valence-electron chi connectivity index (χ4n) is 2.95. The summed E-state index contributed by atoms with van der Waals surface area (Å²) in [6.07, 6.45) is -4.52. The van der Waals surface area contributed by atoms with Crippen LogP contribution >= 0.6 is 0 Å². The third-order valence-corrected chi connectivity index (χ3v) is 4.69. The predicted molar refractivity (Wildman–Crippen MR) is 111 cm³/mol. The number of carbonyl (C=O) groups excluding carboxylic acids is 1. The molecular formula is C24H20F3NO4. The highest BCUT2D eigenvalue weighted by atomic mass is 19.4. The second-order valence-corrected chi connectivity index (χ2v) is 7.06. The van der Waals surface area contributed by atoms with Crippen molar-refractivity contribution in [2.45, 2.75) is 25.2 Å². The molecule has 32 heavy (non-hydrogen) atoms. The van der Waals surface area contributed by atoms with Crippen molar-refractivity contribution in [3.8, 4) is 5.75 Å². The first kappa shape index (κ1) is 22.9. The number of carboxylic acid groups (broad SMARTS) is 1. The van der Waals surface area contributed by atoms with Gasteiger partial charge in [-0.1, -0.05) is 42.5 Å². The third kappa shape index (κ3) is 6.34. The highest BCUT2D eigenvalue weighted by Crippen LogP contribution is 2.29. The van der Waals surface area contributed by atoms with E-state index in [-0.39, 0.29) is 12.0 Å². The molecule has 8 heteroatoms. The van der Waals surface area contributed by atoms with Crippen LogP contribution in [0.3, 0.4) is 0 Å². The molecule has 0 spiro atoms. The van der Waals surface area contributed by atoms with Gasteiger partial charge in [-0.05, 0) is 47.5 Å². The molecule has 0 aliphatic carbocycles. The van der Waals surface area contributed by atoms with Crippen molar-refractivity contribution in [1.29, 1.82) is 0 Å². The van der Waals surface area contributed by atoms with Crippen LogP contribution in [-0.2, 0) is 24.0 Å². The normalized spacial score (nSPS) is 12.1. The van der Waals surface area contributed by atoms with Gasteiger partial charge >= 0.3 is 12.1 Å². The van der Waals surface area contributed by atoms with Crippen molar-refractivity contribution < 1.29 is 32.6 Å². The Balaban J connectivity index is 1.60. The minimum Gasteiger partial charge on any atom is -0.489 e. The van der Waals surface area contributed by atoms with Crippen LogP contribution in [0.1, 0.15) is 27.0 Å². The fraction of sp³-hybridized carbons (Fsp3) is 0.167. The maximum atomic E-state index is 12.7. The summed E-state index contributed by atoms with van der Waals surface area (Å²) >= 11 is 0. The standard InChI is InChI=1S/C24H20F3NO4/c25-24(26,27)19-10-8-18(9-11-19)22(29)28-21(23(30)31)14-16-6-12-20(13-7-16)32-15-17-4-2-1-3-5-17/h1-13,21H,14-15H2,(H,28,29)(H,30,31)/t21-/m1/s1. The Morgan fingerprint density at radius 1 is 0.875 bits per heavy atom. The smallest absolute Gasteiger partial charge is 0.416 e. The summed E-state index contributed by atoms with van der Waals surface area (Å²) in [5.41, 5.74) is 0.706. The summed E-state index contributed by atoms with van der Waals surface area (Å²) in [5, 5.41) is 11.8. The van der Waals surface area contributed by atoms with E-state index in [4.69, 9.17) is 4.74 Å². The van der Waals surface area contributed by atoms with Crippen molar-refractivity contribution in [3.05, 3.63) is 101 Å². The summed E-state index contributed by atoms with van der Waals surface area (Å²) in [6, 6.07) is 18.7. The number of ether oxygens (including phenoxy) is 1. The molecule has 0 saturated carbocycles. The molecule has 0 aromatic heterocycles. The molecule has 3 aromatic carbocycles. The minimum absolute atomic E-state index is 0.000668. The van der Waals surface area contributed by atoms with Gasteiger partial charge in [0.1, 0.15) is 18.4 Å². The van der Waals surface area contributed by atoms with Crippen LogP contribution < -0.4 is 10.1 Å². The molecule has 0 unspecified atom stereocenters. The third-order valence-electron chi connectivity index (χ3n) is 4.69. The first-order valence-electron chi connectivity index (χ1n) is 9.69. The van der Waals surface area contributed by atoms with E-state index in [2.05, 4.69) is 5.32 Å². The molecular weight excluding hydrogens is 423 g/mol. The minimum atomic E-state index is -4.52. The molecule has 3 aromatic rings. The van der Waals surface area contributed by atoms with E-state index in [1.807, 2.05) is 30.3 Å². The van der Waals surface area contributed by atoms with Gasteiger partial charge in [0.2, 0.25) is 0 Å². The maximum absolute atomic E-state index is 12.7. The zero-order valence-corrected chi connectivity index (χ0v) is 16.8. The van der Waals surface area contributed by atoms with E-state index in [0.29, 0.717) is 17.9 Å². The molecule has 0 saturated heterocycles. The molecule has 1 amide bonds. The zero-order chi connectivity index (χ0) is 23.1. The first-order valence-corrected chi connectivity index (χ1v) is 9.69. The SMILES string of the molecule is O=C(N[C@H](Cc1ccc(OCc2ccccc2)cc1)C(=O)O)c1ccc(C(F)(F)F)cc1. The van der Waals surface area contributed by atoms with Gasteiger partial charge in [-0.2, -0.15) is 13.2 Å². The maximum Gasteiger partial charge on any atom is 0.416 e. The van der Waals surface area contributed by atoms with Crippen molar-refractivity contribution in [2.24, 2.45) is 0 Å². The van der Waals surface area contributed by atoms with Crippen LogP contribution in [0.15, 0.2) is 78.9 Å². The van der Waals surface area contributed by atoms with Gasteiger partial charge in [0, 0.05) is 12.0 Å². The number of aliphatic carboxylic acids is 1. The van der Waals surface area contributed by atoms with Crippen molar-refractivity contribution in [2.75, 3.05) is 0 Å². The molecule has 0 heterocycles. The van der Waals surface area contributed by atoms with Gasteiger partial charge in [-0.15, -0.1) is 0 Å². The molecule has 0 fully saturated rings. The van der Waals surface area contributed by atoms with E-state index in [0.717, 1.165) is 29.8 Å². The quantitative estimate of drug-likeness (QED) is 0.529. The lowest BCUT2D eigenvalue weighted by molar-refractivity contribution is -0.139. The van der Waals surface area contributed by atoms with E-state index < -0.39 is 29.7 Å². The van der Waals surface area contributed by atoms with Gasteiger partial charge in [0.15, 0.2) is 0 Å². The Morgan fingerprint density at radius 2 is 1.50 bits per heavy atom. The molecule has 3 rings (SSSR count). The largest absolute Gasteiger partial charge is 0.489 e. The number of halogens is 3. The number of amides is 1. The summed E-state index contributed by atoms with van der Waals surface area (Å²) in [5.74, 6) is -1.41. The molecule has 0 radical (unpaired) electrons. The Hall–Kier alpha value is -3.81. The monoisotopic (exact) mass is 443 g/mol. The lowest BCUT2D eigenvalue weighted by Gasteiger charge is -2.15. The summed E-state index contributed by atoms with van der Waals surface area (Å²) in [4.78, 5) is 23.9. The lowest BCUT2D eigenvalue weighted by atomic mass is 10.0.